The molecular weight excluding hydrogens is 258 g/mol. The fraction of sp³-hybridized carbons (Fsp3) is 0.636. The van der Waals surface area contributed by atoms with Gasteiger partial charge < -0.3 is 0 Å². The van der Waals surface area contributed by atoms with Crippen LogP contribution in [0.1, 0.15) is 30.0 Å². The maximum atomic E-state index is 12.0. The molecule has 0 aromatic carbocycles. The number of rotatable bonds is 3. The molecule has 17 heavy (non-hydrogen) atoms. The summed E-state index contributed by atoms with van der Waals surface area (Å²) >= 11 is 1.48. The maximum absolute atomic E-state index is 12.0. The lowest BCUT2D eigenvalue weighted by Crippen LogP contribution is -2.36. The van der Waals surface area contributed by atoms with Gasteiger partial charge in [0, 0.05) is 5.38 Å². The smallest absolute Gasteiger partial charge is 0.160 e. The molecule has 1 atom stereocenters. The molecule has 6 heteroatoms. The number of sulfone groups is 1. The molecule has 0 amide bonds. The molecule has 4 nitrogen and oxygen atoms in total. The van der Waals surface area contributed by atoms with Crippen molar-refractivity contribution >= 4 is 27.0 Å². The van der Waals surface area contributed by atoms with Gasteiger partial charge in [0.15, 0.2) is 15.6 Å². The van der Waals surface area contributed by atoms with Crippen LogP contribution in [-0.4, -0.2) is 30.2 Å². The van der Waals surface area contributed by atoms with Crippen LogP contribution in [0.4, 0.5) is 0 Å². The van der Waals surface area contributed by atoms with Gasteiger partial charge in [0.05, 0.1) is 22.9 Å². The van der Waals surface area contributed by atoms with Gasteiger partial charge in [-0.15, -0.1) is 11.3 Å². The largest absolute Gasteiger partial charge is 0.298 e. The topological polar surface area (TPSA) is 64.1 Å². The molecule has 94 valence electrons. The van der Waals surface area contributed by atoms with Gasteiger partial charge in [0.25, 0.3) is 0 Å². The number of hydrogen-bond acceptors (Lipinski definition) is 5. The lowest BCUT2D eigenvalue weighted by Gasteiger charge is -2.20. The van der Waals surface area contributed by atoms with Crippen LogP contribution in [0.25, 0.3) is 0 Å². The molecule has 2 heterocycles. The Morgan fingerprint density at radius 1 is 1.53 bits per heavy atom. The number of aromatic nitrogens is 1. The van der Waals surface area contributed by atoms with E-state index in [2.05, 4.69) is 4.98 Å². The fourth-order valence-corrected chi connectivity index (χ4v) is 4.61. The summed E-state index contributed by atoms with van der Waals surface area (Å²) in [5, 5.41) is 1.93. The number of hydrogen-bond donors (Lipinski definition) is 0. The van der Waals surface area contributed by atoms with Crippen molar-refractivity contribution in [1.29, 1.82) is 0 Å². The molecular formula is C11H15NO3S2. The van der Waals surface area contributed by atoms with Crippen molar-refractivity contribution in [3.63, 3.8) is 0 Å². The first kappa shape index (κ1) is 12.7. The quantitative estimate of drug-likeness (QED) is 0.838. The first-order chi connectivity index (χ1) is 7.99. The van der Waals surface area contributed by atoms with E-state index in [4.69, 9.17) is 0 Å². The molecule has 1 unspecified atom stereocenters. The monoisotopic (exact) mass is 273 g/mol. The van der Waals surface area contributed by atoms with Gasteiger partial charge in [-0.25, -0.2) is 13.4 Å². The molecule has 1 aliphatic rings. The lowest BCUT2D eigenvalue weighted by atomic mass is 10.1. The Balaban J connectivity index is 2.09. The van der Waals surface area contributed by atoms with Gasteiger partial charge in [-0.3, -0.25) is 4.79 Å². The zero-order valence-electron chi connectivity index (χ0n) is 9.68. The second kappa shape index (κ2) is 4.86. The first-order valence-corrected chi connectivity index (χ1v) is 8.24. The van der Waals surface area contributed by atoms with Gasteiger partial charge in [-0.1, -0.05) is 6.42 Å². The molecule has 0 spiro atoms. The third-order valence-electron chi connectivity index (χ3n) is 2.96. The number of nitrogens with zero attached hydrogens (tertiary/aromatic N) is 1. The summed E-state index contributed by atoms with van der Waals surface area (Å²) in [6, 6.07) is 0. The third-order valence-corrected chi connectivity index (χ3v) is 6.01. The van der Waals surface area contributed by atoms with Crippen molar-refractivity contribution in [2.75, 3.05) is 5.75 Å². The molecule has 1 aromatic heterocycles. The highest BCUT2D eigenvalue weighted by Gasteiger charge is 2.34. The van der Waals surface area contributed by atoms with Crippen LogP contribution in [0.5, 0.6) is 0 Å². The summed E-state index contributed by atoms with van der Waals surface area (Å²) in [6.07, 6.45) is 2.13. The maximum Gasteiger partial charge on any atom is 0.160 e. The molecule has 1 fully saturated rings. The van der Waals surface area contributed by atoms with E-state index in [1.54, 1.807) is 0 Å². The highest BCUT2D eigenvalue weighted by atomic mass is 32.2. The van der Waals surface area contributed by atoms with Crippen LogP contribution in [0.3, 0.4) is 0 Å². The number of thiazole rings is 1. The second-order valence-corrected chi connectivity index (χ2v) is 7.72. The number of aryl methyl sites for hydroxylation is 1. The highest BCUT2D eigenvalue weighted by molar-refractivity contribution is 7.92. The van der Waals surface area contributed by atoms with Gasteiger partial charge in [-0.05, 0) is 19.8 Å². The van der Waals surface area contributed by atoms with E-state index >= 15 is 0 Å². The minimum Gasteiger partial charge on any atom is -0.298 e. The summed E-state index contributed by atoms with van der Waals surface area (Å²) in [5.74, 6) is -0.0468. The third kappa shape index (κ3) is 2.93. The Kier molecular flexibility index (Phi) is 3.63. The van der Waals surface area contributed by atoms with E-state index in [-0.39, 0.29) is 18.0 Å². The summed E-state index contributed by atoms with van der Waals surface area (Å²) in [4.78, 5) is 16.2. The average Bonchev–Trinajstić information content (AvgIpc) is 2.63. The minimum atomic E-state index is -3.21. The van der Waals surface area contributed by atoms with Crippen molar-refractivity contribution in [3.05, 3.63) is 16.1 Å². The standard InChI is InChI=1S/C11H15NO3S2/c1-8-12-9(7-16-8)6-10(13)11-4-2-3-5-17(11,14)15/h7,11H,2-6H2,1H3. The molecule has 0 saturated carbocycles. The van der Waals surface area contributed by atoms with Crippen LogP contribution in [-0.2, 0) is 21.1 Å². The van der Waals surface area contributed by atoms with E-state index in [0.29, 0.717) is 18.5 Å². The Morgan fingerprint density at radius 2 is 2.29 bits per heavy atom. The van der Waals surface area contributed by atoms with Crippen LogP contribution in [0, 0.1) is 6.92 Å². The Hall–Kier alpha value is -0.750. The summed E-state index contributed by atoms with van der Waals surface area (Å²) in [7, 11) is -3.21. The van der Waals surface area contributed by atoms with Gasteiger partial charge >= 0.3 is 0 Å². The number of ketones is 1. The Labute approximate surface area is 105 Å². The van der Waals surface area contributed by atoms with Crippen molar-refractivity contribution < 1.29 is 13.2 Å². The molecule has 0 bridgehead atoms. The molecule has 2 rings (SSSR count). The van der Waals surface area contributed by atoms with E-state index < -0.39 is 15.1 Å². The molecule has 0 radical (unpaired) electrons. The highest BCUT2D eigenvalue weighted by Crippen LogP contribution is 2.22. The van der Waals surface area contributed by atoms with E-state index in [0.717, 1.165) is 11.4 Å². The van der Waals surface area contributed by atoms with Crippen LogP contribution >= 0.6 is 11.3 Å². The SMILES string of the molecule is Cc1nc(CC(=O)C2CCCCS2(=O)=O)cs1. The van der Waals surface area contributed by atoms with Crippen molar-refractivity contribution in [3.8, 4) is 0 Å². The van der Waals surface area contributed by atoms with Crippen molar-refractivity contribution in [1.82, 2.24) is 4.98 Å². The summed E-state index contributed by atoms with van der Waals surface area (Å²) < 4.78 is 23.6. The van der Waals surface area contributed by atoms with Crippen LogP contribution in [0.2, 0.25) is 0 Å². The number of Topliss-reactive ketones (excluding diaryl/α,β-unsaturated/α-hetero) is 1. The molecule has 1 aromatic rings. The molecule has 1 saturated heterocycles. The zero-order chi connectivity index (χ0) is 12.5. The van der Waals surface area contributed by atoms with E-state index in [1.807, 2.05) is 12.3 Å². The minimum absolute atomic E-state index is 0.147. The van der Waals surface area contributed by atoms with E-state index in [1.165, 1.54) is 11.3 Å². The van der Waals surface area contributed by atoms with Crippen LogP contribution in [0.15, 0.2) is 5.38 Å². The molecule has 1 aliphatic heterocycles. The summed E-state index contributed by atoms with van der Waals surface area (Å²) in [6.45, 7) is 1.87. The predicted octanol–water partition coefficient (Wildman–Crippen LogP) is 1.53. The van der Waals surface area contributed by atoms with Gasteiger partial charge in [0.2, 0.25) is 0 Å². The Bertz CT molecular complexity index is 519. The predicted molar refractivity (Wildman–Crippen MR) is 67.0 cm³/mol. The van der Waals surface area contributed by atoms with Crippen LogP contribution < -0.4 is 0 Å². The van der Waals surface area contributed by atoms with E-state index in [9.17, 15) is 13.2 Å². The second-order valence-electron chi connectivity index (χ2n) is 4.35. The Morgan fingerprint density at radius 3 is 2.88 bits per heavy atom. The number of carbonyl (C=O) groups excluding carboxylic acids is 1. The van der Waals surface area contributed by atoms with Crippen molar-refractivity contribution in [2.45, 2.75) is 37.9 Å². The lowest BCUT2D eigenvalue weighted by molar-refractivity contribution is -0.118. The first-order valence-electron chi connectivity index (χ1n) is 5.64. The van der Waals surface area contributed by atoms with Gasteiger partial charge in [-0.2, -0.15) is 0 Å². The van der Waals surface area contributed by atoms with Gasteiger partial charge in [0.1, 0.15) is 5.25 Å². The fourth-order valence-electron chi connectivity index (χ4n) is 2.10. The summed E-state index contributed by atoms with van der Waals surface area (Å²) in [5.41, 5.74) is 0.693. The zero-order valence-corrected chi connectivity index (χ0v) is 11.3. The molecule has 0 N–H and O–H groups in total. The normalized spacial score (nSPS) is 23.5. The molecule has 0 aliphatic carbocycles. The van der Waals surface area contributed by atoms with Crippen molar-refractivity contribution in [2.24, 2.45) is 0 Å². The number of carbonyl (C=O) groups is 1. The average molecular weight is 273 g/mol.